The van der Waals surface area contributed by atoms with Crippen LogP contribution in [0, 0.1) is 0 Å². The molecule has 0 aliphatic carbocycles. The molecule has 0 bridgehead atoms. The molecule has 14 heteroatoms. The van der Waals surface area contributed by atoms with E-state index in [9.17, 15) is 22.8 Å². The molecule has 1 aromatic heterocycles. The van der Waals surface area contributed by atoms with Gasteiger partial charge in [0.15, 0.2) is 0 Å². The summed E-state index contributed by atoms with van der Waals surface area (Å²) in [7, 11) is -3.95. The van der Waals surface area contributed by atoms with Crippen molar-refractivity contribution in [2.24, 2.45) is 0 Å². The van der Waals surface area contributed by atoms with Gasteiger partial charge >= 0.3 is 0 Å². The molecular weight excluding hydrogens is 652 g/mol. The number of fused-ring (bicyclic) bond motifs is 1. The van der Waals surface area contributed by atoms with Gasteiger partial charge in [0.2, 0.25) is 27.6 Å². The minimum Gasteiger partial charge on any atom is -0.351 e. The molecule has 3 aliphatic rings. The summed E-state index contributed by atoms with van der Waals surface area (Å²) in [4.78, 5) is 46.8. The number of carbonyl (C=O) groups is 3. The van der Waals surface area contributed by atoms with Crippen molar-refractivity contribution in [1.82, 2.24) is 29.5 Å². The Balaban J connectivity index is 1.03. The summed E-state index contributed by atoms with van der Waals surface area (Å²) in [5, 5.41) is 5.29. The van der Waals surface area contributed by atoms with E-state index >= 15 is 0 Å². The van der Waals surface area contributed by atoms with Crippen LogP contribution in [0.1, 0.15) is 36.2 Å². The van der Waals surface area contributed by atoms with E-state index in [0.717, 1.165) is 28.1 Å². The first kappa shape index (κ1) is 30.7. The minimum absolute atomic E-state index is 0.0294. The Kier molecular flexibility index (Phi) is 9.03. The van der Waals surface area contributed by atoms with Gasteiger partial charge in [-0.25, -0.2) is 8.42 Å². The summed E-state index contributed by atoms with van der Waals surface area (Å²) < 4.78 is 35.0. The number of sulfonamides is 1. The van der Waals surface area contributed by atoms with Crippen molar-refractivity contribution in [3.05, 3.63) is 58.9 Å². The van der Waals surface area contributed by atoms with E-state index in [4.69, 9.17) is 4.52 Å². The summed E-state index contributed by atoms with van der Waals surface area (Å²) in [6.45, 7) is 4.19. The first-order valence-corrected chi connectivity index (χ1v) is 17.2. The molecule has 3 fully saturated rings. The van der Waals surface area contributed by atoms with Crippen LogP contribution in [0.4, 0.5) is 0 Å². The van der Waals surface area contributed by atoms with Crippen molar-refractivity contribution in [1.29, 1.82) is 0 Å². The van der Waals surface area contributed by atoms with Crippen LogP contribution in [0.15, 0.2) is 62.6 Å². The predicted molar refractivity (Wildman–Crippen MR) is 165 cm³/mol. The van der Waals surface area contributed by atoms with Crippen molar-refractivity contribution in [3.8, 4) is 0 Å². The second kappa shape index (κ2) is 13.0. The Morgan fingerprint density at radius 2 is 1.70 bits per heavy atom. The third-order valence-electron chi connectivity index (χ3n) is 8.71. The number of hydrogen-bond donors (Lipinski definition) is 1. The number of aromatic nitrogens is 1. The number of amides is 3. The van der Waals surface area contributed by atoms with Crippen LogP contribution in [0.3, 0.4) is 0 Å². The highest BCUT2D eigenvalue weighted by molar-refractivity contribution is 9.10. The number of carbonyl (C=O) groups excluding carboxylic acids is 3. The summed E-state index contributed by atoms with van der Waals surface area (Å²) in [5.41, 5.74) is 0. The molecule has 0 radical (unpaired) electrons. The summed E-state index contributed by atoms with van der Waals surface area (Å²) in [5.74, 6) is -0.432. The van der Waals surface area contributed by atoms with E-state index in [0.29, 0.717) is 58.7 Å². The number of nitrogens with one attached hydrogen (secondary N) is 1. The lowest BCUT2D eigenvalue weighted by Gasteiger charge is -2.38. The van der Waals surface area contributed by atoms with E-state index in [1.165, 1.54) is 17.2 Å². The molecule has 4 heterocycles. The number of halogens is 1. The number of piperazine rings is 1. The normalized spacial score (nSPS) is 21.8. The Morgan fingerprint density at radius 1 is 0.955 bits per heavy atom. The van der Waals surface area contributed by atoms with E-state index in [1.807, 2.05) is 23.1 Å². The maximum atomic E-state index is 13.4. The zero-order chi connectivity index (χ0) is 30.8. The van der Waals surface area contributed by atoms with Gasteiger partial charge in [0.05, 0.1) is 17.6 Å². The van der Waals surface area contributed by atoms with Gasteiger partial charge in [-0.3, -0.25) is 19.3 Å². The average molecular weight is 688 g/mol. The lowest BCUT2D eigenvalue weighted by Crippen LogP contribution is -2.56. The molecule has 234 valence electrons. The Bertz CT molecular complexity index is 1640. The van der Waals surface area contributed by atoms with Gasteiger partial charge in [0.25, 0.3) is 5.91 Å². The highest BCUT2D eigenvalue weighted by Crippen LogP contribution is 2.25. The number of benzene rings is 2. The molecule has 1 N–H and O–H groups in total. The molecular formula is C30H35BrN6O6S. The van der Waals surface area contributed by atoms with Gasteiger partial charge in [0.1, 0.15) is 6.04 Å². The zero-order valence-electron chi connectivity index (χ0n) is 24.2. The highest BCUT2D eigenvalue weighted by atomic mass is 79.9. The van der Waals surface area contributed by atoms with Crippen molar-refractivity contribution >= 4 is 54.4 Å². The van der Waals surface area contributed by atoms with E-state index in [1.54, 1.807) is 23.1 Å². The van der Waals surface area contributed by atoms with E-state index in [-0.39, 0.29) is 41.0 Å². The number of rotatable bonds is 8. The van der Waals surface area contributed by atoms with Gasteiger partial charge in [-0.15, -0.1) is 0 Å². The van der Waals surface area contributed by atoms with Crippen LogP contribution in [0.25, 0.3) is 10.8 Å². The van der Waals surface area contributed by atoms with Crippen LogP contribution in [0.2, 0.25) is 0 Å². The van der Waals surface area contributed by atoms with Crippen LogP contribution in [-0.2, 0) is 19.6 Å². The van der Waals surface area contributed by atoms with Gasteiger partial charge in [0, 0.05) is 62.4 Å². The molecule has 0 unspecified atom stereocenters. The molecule has 3 aliphatic heterocycles. The van der Waals surface area contributed by atoms with Crippen molar-refractivity contribution in [3.63, 3.8) is 0 Å². The van der Waals surface area contributed by atoms with Gasteiger partial charge < -0.3 is 19.2 Å². The molecule has 0 spiro atoms. The highest BCUT2D eigenvalue weighted by Gasteiger charge is 2.37. The maximum absolute atomic E-state index is 13.4. The molecule has 12 nitrogen and oxygen atoms in total. The van der Waals surface area contributed by atoms with Crippen molar-refractivity contribution in [2.45, 2.75) is 42.7 Å². The summed E-state index contributed by atoms with van der Waals surface area (Å²) in [6, 6.07) is 11.1. The van der Waals surface area contributed by atoms with Crippen molar-refractivity contribution < 1.29 is 27.3 Å². The third kappa shape index (κ3) is 6.67. The molecule has 3 saturated heterocycles. The molecule has 3 amide bonds. The standard InChI is InChI=1S/C30H35BrN6O6S/c31-23-7-5-22-18-25(8-6-21(22)17-23)44(41,42)33-26-4-2-11-36(29(26)39)20-28(38)37-12-1-3-24(37)19-34-13-15-35(16-14-34)30(40)27-9-10-32-43-27/h5-10,17-18,24,26,33H,1-4,11-16,19-20H2/t24-,26-/m0/s1. The SMILES string of the molecule is O=C(c1ccno1)N1CCN(C[C@@H]2CCCN2C(=O)CN2CCC[C@H](NS(=O)(=O)c3ccc4cc(Br)ccc4c3)C2=O)CC1. The lowest BCUT2D eigenvalue weighted by molar-refractivity contribution is -0.143. The molecule has 44 heavy (non-hydrogen) atoms. The van der Waals surface area contributed by atoms with Gasteiger partial charge in [-0.2, -0.15) is 4.72 Å². The quantitative estimate of drug-likeness (QED) is 0.381. The zero-order valence-corrected chi connectivity index (χ0v) is 26.6. The fraction of sp³-hybridized carbons (Fsp3) is 0.467. The second-order valence-electron chi connectivity index (χ2n) is 11.6. The topological polar surface area (TPSA) is 136 Å². The van der Waals surface area contributed by atoms with Crippen LogP contribution in [0.5, 0.6) is 0 Å². The number of likely N-dealkylation sites (tertiary alicyclic amines) is 2. The van der Waals surface area contributed by atoms with Crippen LogP contribution < -0.4 is 4.72 Å². The molecule has 6 rings (SSSR count). The molecule has 0 saturated carbocycles. The lowest BCUT2D eigenvalue weighted by atomic mass is 10.1. The minimum atomic E-state index is -3.95. The molecule has 3 aromatic rings. The molecule has 2 aromatic carbocycles. The van der Waals surface area contributed by atoms with E-state index in [2.05, 4.69) is 30.7 Å². The number of nitrogens with zero attached hydrogens (tertiary/aromatic N) is 5. The first-order chi connectivity index (χ1) is 21.2. The first-order valence-electron chi connectivity index (χ1n) is 14.9. The van der Waals surface area contributed by atoms with Gasteiger partial charge in [-0.1, -0.05) is 33.2 Å². The van der Waals surface area contributed by atoms with E-state index < -0.39 is 16.1 Å². The van der Waals surface area contributed by atoms with Crippen molar-refractivity contribution in [2.75, 3.05) is 52.4 Å². The largest absolute Gasteiger partial charge is 0.351 e. The monoisotopic (exact) mass is 686 g/mol. The molecule has 2 atom stereocenters. The third-order valence-corrected chi connectivity index (χ3v) is 10.7. The summed E-state index contributed by atoms with van der Waals surface area (Å²) in [6.07, 6.45) is 4.19. The number of piperidine rings is 1. The predicted octanol–water partition coefficient (Wildman–Crippen LogP) is 2.31. The van der Waals surface area contributed by atoms with Crippen LogP contribution >= 0.6 is 15.9 Å². The number of hydrogen-bond acceptors (Lipinski definition) is 8. The van der Waals surface area contributed by atoms with Gasteiger partial charge in [-0.05, 0) is 60.7 Å². The average Bonchev–Trinajstić information content (AvgIpc) is 3.72. The Hall–Kier alpha value is -3.33. The maximum Gasteiger partial charge on any atom is 0.292 e. The summed E-state index contributed by atoms with van der Waals surface area (Å²) >= 11 is 3.43. The smallest absolute Gasteiger partial charge is 0.292 e. The fourth-order valence-corrected chi connectivity index (χ4v) is 7.98. The van der Waals surface area contributed by atoms with Crippen LogP contribution in [-0.4, -0.2) is 115 Å². The fourth-order valence-electron chi connectivity index (χ4n) is 6.35. The second-order valence-corrected chi connectivity index (χ2v) is 14.2. The Labute approximate surface area is 264 Å². The Morgan fingerprint density at radius 3 is 2.48 bits per heavy atom.